The molecular formula is C14H12N2S. The minimum atomic E-state index is 1.10. The molecule has 0 N–H and O–H groups in total. The third-order valence-corrected chi connectivity index (χ3v) is 4.42. The molecule has 0 aromatic heterocycles. The van der Waals surface area contributed by atoms with E-state index in [1.807, 2.05) is 11.8 Å². The number of aliphatic imine (C=N–C) groups is 1. The first-order valence-electron chi connectivity index (χ1n) is 5.94. The molecule has 2 aliphatic rings. The van der Waals surface area contributed by atoms with E-state index in [0.717, 1.165) is 12.2 Å². The molecule has 0 radical (unpaired) electrons. The zero-order valence-electron chi connectivity index (χ0n) is 9.39. The zero-order valence-corrected chi connectivity index (χ0v) is 10.2. The fourth-order valence-electron chi connectivity index (χ4n) is 2.60. The number of benzene rings is 2. The second-order valence-electron chi connectivity index (χ2n) is 4.40. The van der Waals surface area contributed by atoms with E-state index in [9.17, 15) is 0 Å². The molecule has 2 nitrogen and oxygen atoms in total. The predicted molar refractivity (Wildman–Crippen MR) is 75.5 cm³/mol. The Kier molecular flexibility index (Phi) is 1.97. The molecule has 0 bridgehead atoms. The highest BCUT2D eigenvalue weighted by Gasteiger charge is 2.25. The maximum atomic E-state index is 4.79. The van der Waals surface area contributed by atoms with Crippen LogP contribution in [0, 0.1) is 0 Å². The van der Waals surface area contributed by atoms with Crippen LogP contribution in [0.1, 0.15) is 6.42 Å². The largest absolute Gasteiger partial charge is 0.320 e. The maximum Gasteiger partial charge on any atom is 0.168 e. The maximum absolute atomic E-state index is 4.79. The van der Waals surface area contributed by atoms with E-state index < -0.39 is 0 Å². The van der Waals surface area contributed by atoms with Crippen molar-refractivity contribution in [2.75, 3.05) is 17.2 Å². The van der Waals surface area contributed by atoms with Gasteiger partial charge >= 0.3 is 0 Å². The van der Waals surface area contributed by atoms with Crippen LogP contribution in [0.15, 0.2) is 41.4 Å². The van der Waals surface area contributed by atoms with Gasteiger partial charge in [0, 0.05) is 17.7 Å². The van der Waals surface area contributed by atoms with Crippen LogP contribution >= 0.6 is 11.8 Å². The highest BCUT2D eigenvalue weighted by molar-refractivity contribution is 8.14. The van der Waals surface area contributed by atoms with Crippen molar-refractivity contribution in [3.8, 4) is 0 Å². The fourth-order valence-corrected chi connectivity index (χ4v) is 3.56. The summed E-state index contributed by atoms with van der Waals surface area (Å²) in [5.74, 6) is 1.19. The Balaban J connectivity index is 2.08. The van der Waals surface area contributed by atoms with Gasteiger partial charge in [-0.3, -0.25) is 0 Å². The highest BCUT2D eigenvalue weighted by Crippen LogP contribution is 2.41. The minimum Gasteiger partial charge on any atom is -0.320 e. The Bertz CT molecular complexity index is 628. The molecular weight excluding hydrogens is 228 g/mol. The number of hydrogen-bond acceptors (Lipinski definition) is 3. The van der Waals surface area contributed by atoms with Crippen LogP contribution in [0.4, 0.5) is 11.4 Å². The lowest BCUT2D eigenvalue weighted by Crippen LogP contribution is -2.35. The van der Waals surface area contributed by atoms with Gasteiger partial charge in [-0.2, -0.15) is 0 Å². The fraction of sp³-hybridized carbons (Fsp3) is 0.214. The summed E-state index contributed by atoms with van der Waals surface area (Å²) >= 11 is 1.87. The smallest absolute Gasteiger partial charge is 0.168 e. The van der Waals surface area contributed by atoms with Gasteiger partial charge < -0.3 is 4.90 Å². The lowest BCUT2D eigenvalue weighted by atomic mass is 10.0. The molecule has 17 heavy (non-hydrogen) atoms. The number of rotatable bonds is 0. The second-order valence-corrected chi connectivity index (χ2v) is 5.46. The summed E-state index contributed by atoms with van der Waals surface area (Å²) in [5, 5.41) is 3.77. The van der Waals surface area contributed by atoms with Gasteiger partial charge in [-0.15, -0.1) is 0 Å². The number of hydrogen-bond donors (Lipinski definition) is 0. The van der Waals surface area contributed by atoms with Crippen LogP contribution in [0.25, 0.3) is 10.8 Å². The first-order chi connectivity index (χ1) is 8.43. The summed E-state index contributed by atoms with van der Waals surface area (Å²) in [5.41, 5.74) is 2.45. The SMILES string of the molecule is c1cc2c3c(cccc3c1)N1CCCSC1=N2. The summed E-state index contributed by atoms with van der Waals surface area (Å²) in [4.78, 5) is 7.16. The summed E-state index contributed by atoms with van der Waals surface area (Å²) in [7, 11) is 0. The Morgan fingerprint density at radius 2 is 2.00 bits per heavy atom. The lowest BCUT2D eigenvalue weighted by Gasteiger charge is -2.33. The molecule has 1 saturated heterocycles. The van der Waals surface area contributed by atoms with Crippen LogP contribution in [0.3, 0.4) is 0 Å². The Labute approximate surface area is 104 Å². The van der Waals surface area contributed by atoms with E-state index in [-0.39, 0.29) is 0 Å². The standard InChI is InChI=1S/C14H12N2S/c1-4-10-5-2-7-12-13(10)11(6-1)15-14-16(12)8-3-9-17-14/h1-2,4-7H,3,8-9H2. The number of thioether (sulfide) groups is 1. The molecule has 2 aromatic carbocycles. The molecule has 2 aliphatic heterocycles. The minimum absolute atomic E-state index is 1.10. The lowest BCUT2D eigenvalue weighted by molar-refractivity contribution is 0.907. The monoisotopic (exact) mass is 240 g/mol. The molecule has 2 aromatic rings. The molecule has 4 rings (SSSR count). The van der Waals surface area contributed by atoms with Crippen LogP contribution in [0.2, 0.25) is 0 Å². The van der Waals surface area contributed by atoms with Crippen LogP contribution in [-0.2, 0) is 0 Å². The third-order valence-electron chi connectivity index (χ3n) is 3.36. The molecule has 84 valence electrons. The van der Waals surface area contributed by atoms with E-state index in [4.69, 9.17) is 4.99 Å². The number of anilines is 1. The molecule has 2 heterocycles. The Hall–Kier alpha value is -1.48. The van der Waals surface area contributed by atoms with E-state index in [2.05, 4.69) is 41.3 Å². The van der Waals surface area contributed by atoms with Gasteiger partial charge in [-0.1, -0.05) is 36.0 Å². The van der Waals surface area contributed by atoms with Crippen molar-refractivity contribution in [2.24, 2.45) is 4.99 Å². The van der Waals surface area contributed by atoms with Crippen molar-refractivity contribution in [1.82, 2.24) is 0 Å². The van der Waals surface area contributed by atoms with E-state index >= 15 is 0 Å². The average molecular weight is 240 g/mol. The first-order valence-corrected chi connectivity index (χ1v) is 6.93. The van der Waals surface area contributed by atoms with Crippen LogP contribution in [0.5, 0.6) is 0 Å². The quantitative estimate of drug-likeness (QED) is 0.696. The summed E-state index contributed by atoms with van der Waals surface area (Å²) < 4.78 is 0. The number of nitrogens with zero attached hydrogens (tertiary/aromatic N) is 2. The van der Waals surface area contributed by atoms with E-state index in [1.54, 1.807) is 0 Å². The predicted octanol–water partition coefficient (Wildman–Crippen LogP) is 3.78. The van der Waals surface area contributed by atoms with Crippen molar-refractivity contribution in [3.05, 3.63) is 36.4 Å². The van der Waals surface area contributed by atoms with Crippen molar-refractivity contribution in [2.45, 2.75) is 6.42 Å². The zero-order chi connectivity index (χ0) is 11.2. The second kappa shape index (κ2) is 3.50. The van der Waals surface area contributed by atoms with Crippen molar-refractivity contribution < 1.29 is 0 Å². The molecule has 0 aliphatic carbocycles. The van der Waals surface area contributed by atoms with Gasteiger partial charge in [-0.05, 0) is 23.9 Å². The van der Waals surface area contributed by atoms with Crippen molar-refractivity contribution in [1.29, 1.82) is 0 Å². The highest BCUT2D eigenvalue weighted by atomic mass is 32.2. The molecule has 0 atom stereocenters. The van der Waals surface area contributed by atoms with Gasteiger partial charge in [-0.25, -0.2) is 4.99 Å². The molecule has 0 unspecified atom stereocenters. The van der Waals surface area contributed by atoms with Gasteiger partial charge in [0.25, 0.3) is 0 Å². The molecule has 0 amide bonds. The number of amidine groups is 1. The molecule has 3 heteroatoms. The topological polar surface area (TPSA) is 15.6 Å². The van der Waals surface area contributed by atoms with Gasteiger partial charge in [0.15, 0.2) is 5.17 Å². The van der Waals surface area contributed by atoms with E-state index in [1.165, 1.54) is 33.8 Å². The van der Waals surface area contributed by atoms with Gasteiger partial charge in [0.2, 0.25) is 0 Å². The molecule has 0 saturated carbocycles. The summed E-state index contributed by atoms with van der Waals surface area (Å²) in [6.45, 7) is 1.10. The average Bonchev–Trinajstić information content (AvgIpc) is 2.39. The van der Waals surface area contributed by atoms with Crippen molar-refractivity contribution in [3.63, 3.8) is 0 Å². The summed E-state index contributed by atoms with van der Waals surface area (Å²) in [6, 6.07) is 12.9. The number of fused-ring (bicyclic) bond motifs is 2. The third kappa shape index (κ3) is 1.32. The van der Waals surface area contributed by atoms with E-state index in [0.29, 0.717) is 0 Å². The normalized spacial score (nSPS) is 17.9. The van der Waals surface area contributed by atoms with Gasteiger partial charge in [0.1, 0.15) is 0 Å². The molecule has 0 spiro atoms. The van der Waals surface area contributed by atoms with Crippen LogP contribution in [-0.4, -0.2) is 17.5 Å². The Morgan fingerprint density at radius 3 is 2.94 bits per heavy atom. The van der Waals surface area contributed by atoms with Crippen molar-refractivity contribution >= 4 is 39.1 Å². The summed E-state index contributed by atoms with van der Waals surface area (Å²) in [6.07, 6.45) is 1.24. The first kappa shape index (κ1) is 9.54. The Morgan fingerprint density at radius 1 is 1.12 bits per heavy atom. The molecule has 1 fully saturated rings. The van der Waals surface area contributed by atoms with Gasteiger partial charge in [0.05, 0.1) is 11.4 Å². The van der Waals surface area contributed by atoms with Crippen LogP contribution < -0.4 is 4.90 Å².